The van der Waals surface area contributed by atoms with Crippen molar-refractivity contribution in [2.24, 2.45) is 7.05 Å². The highest BCUT2D eigenvalue weighted by molar-refractivity contribution is 6.19. The fraction of sp³-hybridized carbons (Fsp3) is 0.267. The van der Waals surface area contributed by atoms with Gasteiger partial charge in [-0.3, -0.25) is 14.5 Å². The average Bonchev–Trinajstić information content (AvgIpc) is 2.81. The van der Waals surface area contributed by atoms with E-state index in [-0.39, 0.29) is 18.0 Å². The summed E-state index contributed by atoms with van der Waals surface area (Å²) in [6.45, 7) is 3.60. The van der Waals surface area contributed by atoms with Gasteiger partial charge in [0, 0.05) is 31.1 Å². The van der Waals surface area contributed by atoms with Crippen LogP contribution in [0.25, 0.3) is 6.08 Å². The number of nitrogens with zero attached hydrogens (tertiary/aromatic N) is 3. The summed E-state index contributed by atoms with van der Waals surface area (Å²) in [5, 5.41) is 9.13. The third-order valence-electron chi connectivity index (χ3n) is 3.42. The van der Waals surface area contributed by atoms with E-state index in [1.165, 1.54) is 0 Å². The van der Waals surface area contributed by atoms with E-state index in [2.05, 4.69) is 0 Å². The quantitative estimate of drug-likeness (QED) is 0.605. The molecule has 0 saturated carbocycles. The molecule has 0 aromatic carbocycles. The van der Waals surface area contributed by atoms with Gasteiger partial charge in [-0.1, -0.05) is 0 Å². The van der Waals surface area contributed by atoms with Crippen molar-refractivity contribution < 1.29 is 9.59 Å². The van der Waals surface area contributed by atoms with Crippen LogP contribution in [0.2, 0.25) is 0 Å². The third kappa shape index (κ3) is 2.05. The fourth-order valence-electron chi connectivity index (χ4n) is 2.19. The number of nitriles is 1. The van der Waals surface area contributed by atoms with Crippen molar-refractivity contribution >= 4 is 17.9 Å². The molecule has 1 aliphatic rings. The second kappa shape index (κ2) is 5.17. The van der Waals surface area contributed by atoms with E-state index >= 15 is 0 Å². The van der Waals surface area contributed by atoms with Gasteiger partial charge in [-0.15, -0.1) is 0 Å². The smallest absolute Gasteiger partial charge is 0.271 e. The third-order valence-corrected chi connectivity index (χ3v) is 3.42. The maximum atomic E-state index is 12.4. The molecule has 0 unspecified atom stereocenters. The lowest BCUT2D eigenvalue weighted by molar-refractivity contribution is -0.140. The van der Waals surface area contributed by atoms with Crippen LogP contribution in [-0.2, 0) is 16.6 Å². The summed E-state index contributed by atoms with van der Waals surface area (Å²) < 4.78 is 1.87. The Labute approximate surface area is 117 Å². The Bertz CT molecular complexity index is 686. The SMILES string of the molecule is CCN1C(=O)C(C#N)=C(C)/C(=C\c2cccn2C)C1=O. The first-order chi connectivity index (χ1) is 9.51. The Morgan fingerprint density at radius 1 is 1.35 bits per heavy atom. The van der Waals surface area contributed by atoms with E-state index in [1.807, 2.05) is 36.0 Å². The summed E-state index contributed by atoms with van der Waals surface area (Å²) >= 11 is 0. The second-order valence-electron chi connectivity index (χ2n) is 4.57. The summed E-state index contributed by atoms with van der Waals surface area (Å²) in [5.74, 6) is -0.864. The number of aromatic nitrogens is 1. The molecule has 0 atom stereocenters. The van der Waals surface area contributed by atoms with Gasteiger partial charge in [-0.2, -0.15) is 5.26 Å². The highest BCUT2D eigenvalue weighted by Crippen LogP contribution is 2.26. The van der Waals surface area contributed by atoms with E-state index in [9.17, 15) is 9.59 Å². The number of carbonyl (C=O) groups excluding carboxylic acids is 2. The number of aryl methyl sites for hydroxylation is 1. The average molecular weight is 269 g/mol. The summed E-state index contributed by atoms with van der Waals surface area (Å²) in [5.41, 5.74) is 1.71. The first-order valence-corrected chi connectivity index (χ1v) is 6.31. The molecule has 0 aliphatic carbocycles. The van der Waals surface area contributed by atoms with Crippen LogP contribution in [0.15, 0.2) is 35.0 Å². The predicted molar refractivity (Wildman–Crippen MR) is 74.1 cm³/mol. The molecule has 20 heavy (non-hydrogen) atoms. The minimum atomic E-state index is -0.512. The number of amides is 2. The monoisotopic (exact) mass is 269 g/mol. The Kier molecular flexibility index (Phi) is 3.57. The highest BCUT2D eigenvalue weighted by Gasteiger charge is 2.34. The molecule has 0 bridgehead atoms. The van der Waals surface area contributed by atoms with Gasteiger partial charge in [-0.05, 0) is 37.6 Å². The normalized spacial score (nSPS) is 17.9. The Balaban J connectivity index is 2.62. The second-order valence-corrected chi connectivity index (χ2v) is 4.57. The Hall–Kier alpha value is -2.61. The van der Waals surface area contributed by atoms with Crippen molar-refractivity contribution in [2.75, 3.05) is 6.54 Å². The molecular formula is C15H15N3O2. The highest BCUT2D eigenvalue weighted by atomic mass is 16.2. The lowest BCUT2D eigenvalue weighted by Gasteiger charge is -2.26. The number of hydrogen-bond donors (Lipinski definition) is 0. The Morgan fingerprint density at radius 3 is 2.55 bits per heavy atom. The van der Waals surface area contributed by atoms with Crippen LogP contribution in [0.3, 0.4) is 0 Å². The molecule has 0 spiro atoms. The van der Waals surface area contributed by atoms with Crippen molar-refractivity contribution in [1.82, 2.24) is 9.47 Å². The molecule has 1 aromatic rings. The van der Waals surface area contributed by atoms with Crippen LogP contribution in [0.5, 0.6) is 0 Å². The van der Waals surface area contributed by atoms with E-state index in [1.54, 1.807) is 19.9 Å². The maximum absolute atomic E-state index is 12.4. The topological polar surface area (TPSA) is 66.1 Å². The maximum Gasteiger partial charge on any atom is 0.271 e. The van der Waals surface area contributed by atoms with Gasteiger partial charge in [0.1, 0.15) is 11.6 Å². The molecule has 2 amide bonds. The summed E-state index contributed by atoms with van der Waals surface area (Å²) in [7, 11) is 1.87. The molecule has 2 heterocycles. The number of likely N-dealkylation sites (N-methyl/N-ethyl adjacent to an activating group) is 1. The molecular weight excluding hydrogens is 254 g/mol. The lowest BCUT2D eigenvalue weighted by atomic mass is 9.94. The molecule has 1 aliphatic heterocycles. The zero-order chi connectivity index (χ0) is 14.9. The summed E-state index contributed by atoms with van der Waals surface area (Å²) in [4.78, 5) is 25.5. The molecule has 0 saturated heterocycles. The van der Waals surface area contributed by atoms with Crippen molar-refractivity contribution in [3.05, 3.63) is 40.7 Å². The first kappa shape index (κ1) is 13.8. The van der Waals surface area contributed by atoms with E-state index < -0.39 is 5.91 Å². The largest absolute Gasteiger partial charge is 0.351 e. The van der Waals surface area contributed by atoms with E-state index in [0.29, 0.717) is 11.1 Å². The summed E-state index contributed by atoms with van der Waals surface area (Å²) in [6, 6.07) is 5.64. The number of imide groups is 1. The molecule has 5 heteroatoms. The minimum Gasteiger partial charge on any atom is -0.351 e. The molecule has 102 valence electrons. The van der Waals surface area contributed by atoms with Crippen LogP contribution >= 0.6 is 0 Å². The molecule has 0 radical (unpaired) electrons. The van der Waals surface area contributed by atoms with Crippen molar-refractivity contribution in [3.63, 3.8) is 0 Å². The van der Waals surface area contributed by atoms with Crippen LogP contribution in [0.4, 0.5) is 0 Å². The van der Waals surface area contributed by atoms with E-state index in [4.69, 9.17) is 5.26 Å². The Morgan fingerprint density at radius 2 is 2.05 bits per heavy atom. The zero-order valence-electron chi connectivity index (χ0n) is 11.7. The van der Waals surface area contributed by atoms with Crippen LogP contribution < -0.4 is 0 Å². The van der Waals surface area contributed by atoms with Gasteiger partial charge in [0.05, 0.1) is 0 Å². The van der Waals surface area contributed by atoms with Crippen LogP contribution in [0, 0.1) is 11.3 Å². The predicted octanol–water partition coefficient (Wildman–Crippen LogP) is 1.64. The molecule has 2 rings (SSSR count). The number of hydrogen-bond acceptors (Lipinski definition) is 3. The number of carbonyl (C=O) groups is 2. The number of rotatable bonds is 2. The standard InChI is InChI=1S/C15H15N3O2/c1-4-18-14(19)12(8-11-6-5-7-17(11)3)10(2)13(9-16)15(18)20/h5-8H,4H2,1-3H3/b12-8+. The van der Waals surface area contributed by atoms with Crippen LogP contribution in [0.1, 0.15) is 19.5 Å². The molecule has 0 N–H and O–H groups in total. The fourth-order valence-corrected chi connectivity index (χ4v) is 2.19. The lowest BCUT2D eigenvalue weighted by Crippen LogP contribution is -2.42. The van der Waals surface area contributed by atoms with Crippen molar-refractivity contribution in [3.8, 4) is 6.07 Å². The van der Waals surface area contributed by atoms with Gasteiger partial charge in [-0.25, -0.2) is 0 Å². The van der Waals surface area contributed by atoms with Gasteiger partial charge in [0.25, 0.3) is 11.8 Å². The minimum absolute atomic E-state index is 0.0342. The molecule has 5 nitrogen and oxygen atoms in total. The van der Waals surface area contributed by atoms with Gasteiger partial charge >= 0.3 is 0 Å². The van der Waals surface area contributed by atoms with Crippen molar-refractivity contribution in [1.29, 1.82) is 5.26 Å². The molecule has 1 aromatic heterocycles. The van der Waals surface area contributed by atoms with Gasteiger partial charge in [0.2, 0.25) is 0 Å². The van der Waals surface area contributed by atoms with Crippen molar-refractivity contribution in [2.45, 2.75) is 13.8 Å². The van der Waals surface area contributed by atoms with E-state index in [0.717, 1.165) is 10.6 Å². The van der Waals surface area contributed by atoms with Crippen LogP contribution in [-0.4, -0.2) is 27.8 Å². The molecule has 0 fully saturated rings. The first-order valence-electron chi connectivity index (χ1n) is 6.31. The zero-order valence-corrected chi connectivity index (χ0v) is 11.7. The van der Waals surface area contributed by atoms with Gasteiger partial charge < -0.3 is 4.57 Å². The summed E-state index contributed by atoms with van der Waals surface area (Å²) in [6.07, 6.45) is 3.58. The van der Waals surface area contributed by atoms with Gasteiger partial charge in [0.15, 0.2) is 0 Å².